The van der Waals surface area contributed by atoms with Crippen LogP contribution in [0.4, 0.5) is 5.95 Å². The lowest BCUT2D eigenvalue weighted by Gasteiger charge is -2.08. The van der Waals surface area contributed by atoms with Crippen LogP contribution in [0.1, 0.15) is 11.1 Å². The highest BCUT2D eigenvalue weighted by molar-refractivity contribution is 9.10. The second kappa shape index (κ2) is 4.06. The van der Waals surface area contributed by atoms with E-state index in [1.54, 1.807) is 6.20 Å². The van der Waals surface area contributed by atoms with Gasteiger partial charge in [-0.25, -0.2) is 4.98 Å². The third-order valence-corrected chi connectivity index (χ3v) is 3.49. The predicted octanol–water partition coefficient (Wildman–Crippen LogP) is 2.58. The van der Waals surface area contributed by atoms with Gasteiger partial charge in [0, 0.05) is 16.9 Å². The van der Waals surface area contributed by atoms with E-state index in [0.29, 0.717) is 5.95 Å². The summed E-state index contributed by atoms with van der Waals surface area (Å²) in [6.45, 7) is 2.82. The Hall–Kier alpha value is -1.29. The summed E-state index contributed by atoms with van der Waals surface area (Å²) in [5.41, 5.74) is 8.15. The molecule has 78 valence electrons. The van der Waals surface area contributed by atoms with Crippen LogP contribution in [0.5, 0.6) is 0 Å². The van der Waals surface area contributed by atoms with E-state index >= 15 is 0 Å². The third kappa shape index (κ3) is 2.04. The van der Waals surface area contributed by atoms with Crippen LogP contribution in [-0.4, -0.2) is 9.55 Å². The molecule has 2 rings (SSSR count). The van der Waals surface area contributed by atoms with E-state index < -0.39 is 0 Å². The van der Waals surface area contributed by atoms with E-state index in [9.17, 15) is 0 Å². The molecule has 0 aliphatic heterocycles. The van der Waals surface area contributed by atoms with Gasteiger partial charge in [0.1, 0.15) is 0 Å². The summed E-state index contributed by atoms with van der Waals surface area (Å²) < 4.78 is 3.05. The number of benzene rings is 1. The first-order valence-corrected chi connectivity index (χ1v) is 5.48. The number of hydrogen-bond donors (Lipinski definition) is 1. The Bertz CT molecular complexity index is 476. The van der Waals surface area contributed by atoms with Crippen molar-refractivity contribution in [3.05, 3.63) is 46.2 Å². The third-order valence-electron chi connectivity index (χ3n) is 2.36. The Kier molecular flexibility index (Phi) is 2.77. The normalized spacial score (nSPS) is 10.5. The average Bonchev–Trinajstić information content (AvgIpc) is 2.60. The van der Waals surface area contributed by atoms with Crippen molar-refractivity contribution in [2.45, 2.75) is 13.5 Å². The summed E-state index contributed by atoms with van der Waals surface area (Å²) >= 11 is 3.58. The fraction of sp³-hybridized carbons (Fsp3) is 0.182. The zero-order chi connectivity index (χ0) is 10.8. The first kappa shape index (κ1) is 10.2. The molecule has 0 atom stereocenters. The summed E-state index contributed by atoms with van der Waals surface area (Å²) in [5.74, 6) is 0.545. The summed E-state index contributed by atoms with van der Waals surface area (Å²) in [6, 6.07) is 6.20. The number of rotatable bonds is 2. The van der Waals surface area contributed by atoms with Gasteiger partial charge >= 0.3 is 0 Å². The van der Waals surface area contributed by atoms with Gasteiger partial charge in [-0.3, -0.25) is 0 Å². The molecule has 1 aromatic heterocycles. The number of aryl methyl sites for hydroxylation is 1. The minimum absolute atomic E-state index is 0.545. The highest BCUT2D eigenvalue weighted by Crippen LogP contribution is 2.22. The lowest BCUT2D eigenvalue weighted by Crippen LogP contribution is -2.04. The number of nitrogens with zero attached hydrogens (tertiary/aromatic N) is 2. The number of hydrogen-bond acceptors (Lipinski definition) is 2. The average molecular weight is 266 g/mol. The highest BCUT2D eigenvalue weighted by Gasteiger charge is 2.04. The molecule has 0 aliphatic rings. The number of halogens is 1. The number of imidazole rings is 1. The molecule has 0 fully saturated rings. The van der Waals surface area contributed by atoms with E-state index in [2.05, 4.69) is 40.0 Å². The second-order valence-corrected chi connectivity index (χ2v) is 4.25. The lowest BCUT2D eigenvalue weighted by molar-refractivity contribution is 0.806. The van der Waals surface area contributed by atoms with Gasteiger partial charge < -0.3 is 10.3 Å². The Morgan fingerprint density at radius 3 is 2.93 bits per heavy atom. The molecule has 1 heterocycles. The molecule has 0 bridgehead atoms. The molecule has 0 amide bonds. The van der Waals surface area contributed by atoms with E-state index in [0.717, 1.165) is 11.0 Å². The van der Waals surface area contributed by atoms with E-state index in [-0.39, 0.29) is 0 Å². The van der Waals surface area contributed by atoms with Crippen LogP contribution in [0.25, 0.3) is 0 Å². The van der Waals surface area contributed by atoms with Gasteiger partial charge in [-0.2, -0.15) is 0 Å². The van der Waals surface area contributed by atoms with Crippen molar-refractivity contribution in [1.29, 1.82) is 0 Å². The summed E-state index contributed by atoms with van der Waals surface area (Å²) in [5, 5.41) is 0. The smallest absolute Gasteiger partial charge is 0.200 e. The maximum Gasteiger partial charge on any atom is 0.200 e. The summed E-state index contributed by atoms with van der Waals surface area (Å²) in [7, 11) is 0. The zero-order valence-corrected chi connectivity index (χ0v) is 10.0. The standard InChI is InChI=1S/C11H12BrN3/c1-8-3-2-4-9(10(8)12)7-15-6-5-14-11(15)13/h2-6H,7H2,1H3,(H2,13,14). The molecule has 0 spiro atoms. The van der Waals surface area contributed by atoms with Gasteiger partial charge in [-0.15, -0.1) is 0 Å². The number of aromatic nitrogens is 2. The Morgan fingerprint density at radius 2 is 2.27 bits per heavy atom. The van der Waals surface area contributed by atoms with Crippen LogP contribution in [0.2, 0.25) is 0 Å². The van der Waals surface area contributed by atoms with Crippen molar-refractivity contribution in [3.8, 4) is 0 Å². The minimum Gasteiger partial charge on any atom is -0.369 e. The van der Waals surface area contributed by atoms with E-state index in [1.165, 1.54) is 11.1 Å². The first-order chi connectivity index (χ1) is 7.18. The van der Waals surface area contributed by atoms with Crippen LogP contribution in [0, 0.1) is 6.92 Å². The van der Waals surface area contributed by atoms with Gasteiger partial charge in [0.25, 0.3) is 0 Å². The molecule has 0 saturated carbocycles. The molecule has 3 nitrogen and oxygen atoms in total. The number of nitrogens with two attached hydrogens (primary N) is 1. The van der Waals surface area contributed by atoms with Gasteiger partial charge in [0.2, 0.25) is 0 Å². The predicted molar refractivity (Wildman–Crippen MR) is 64.6 cm³/mol. The molecular formula is C11H12BrN3. The summed E-state index contributed by atoms with van der Waals surface area (Å²) in [4.78, 5) is 3.99. The number of anilines is 1. The van der Waals surface area contributed by atoms with Crippen molar-refractivity contribution >= 4 is 21.9 Å². The number of nitrogen functional groups attached to an aromatic ring is 1. The van der Waals surface area contributed by atoms with E-state index in [4.69, 9.17) is 5.73 Å². The maximum atomic E-state index is 5.71. The van der Waals surface area contributed by atoms with Crippen LogP contribution < -0.4 is 5.73 Å². The van der Waals surface area contributed by atoms with Crippen molar-refractivity contribution in [3.63, 3.8) is 0 Å². The second-order valence-electron chi connectivity index (χ2n) is 3.46. The monoisotopic (exact) mass is 265 g/mol. The zero-order valence-electron chi connectivity index (χ0n) is 8.44. The maximum absolute atomic E-state index is 5.71. The molecule has 2 N–H and O–H groups in total. The molecule has 0 aliphatic carbocycles. The van der Waals surface area contributed by atoms with Crippen molar-refractivity contribution in [2.75, 3.05) is 5.73 Å². The largest absolute Gasteiger partial charge is 0.369 e. The fourth-order valence-corrected chi connectivity index (χ4v) is 1.88. The fourth-order valence-electron chi connectivity index (χ4n) is 1.49. The van der Waals surface area contributed by atoms with Crippen molar-refractivity contribution in [2.24, 2.45) is 0 Å². The van der Waals surface area contributed by atoms with Crippen LogP contribution in [0.3, 0.4) is 0 Å². The molecule has 2 aromatic rings. The van der Waals surface area contributed by atoms with Gasteiger partial charge in [0.15, 0.2) is 5.95 Å². The Balaban J connectivity index is 2.33. The molecule has 0 radical (unpaired) electrons. The van der Waals surface area contributed by atoms with Crippen molar-refractivity contribution in [1.82, 2.24) is 9.55 Å². The molecule has 0 unspecified atom stereocenters. The quantitative estimate of drug-likeness (QED) is 0.907. The van der Waals surface area contributed by atoms with Gasteiger partial charge in [0.05, 0.1) is 6.54 Å². The van der Waals surface area contributed by atoms with Crippen LogP contribution in [0.15, 0.2) is 35.1 Å². The topological polar surface area (TPSA) is 43.8 Å². The molecule has 1 aromatic carbocycles. The van der Waals surface area contributed by atoms with Gasteiger partial charge in [-0.1, -0.05) is 34.1 Å². The Morgan fingerprint density at radius 1 is 1.47 bits per heavy atom. The molecular weight excluding hydrogens is 254 g/mol. The minimum atomic E-state index is 0.545. The summed E-state index contributed by atoms with van der Waals surface area (Å²) in [6.07, 6.45) is 3.59. The molecule has 15 heavy (non-hydrogen) atoms. The Labute approximate surface area is 97.1 Å². The van der Waals surface area contributed by atoms with Gasteiger partial charge in [-0.05, 0) is 18.1 Å². The van der Waals surface area contributed by atoms with Crippen LogP contribution in [-0.2, 0) is 6.54 Å². The SMILES string of the molecule is Cc1cccc(Cn2ccnc2N)c1Br. The van der Waals surface area contributed by atoms with Crippen molar-refractivity contribution < 1.29 is 0 Å². The first-order valence-electron chi connectivity index (χ1n) is 4.69. The van der Waals surface area contributed by atoms with E-state index in [1.807, 2.05) is 16.8 Å². The van der Waals surface area contributed by atoms with Crippen LogP contribution >= 0.6 is 15.9 Å². The highest BCUT2D eigenvalue weighted by atomic mass is 79.9. The molecule has 4 heteroatoms. The lowest BCUT2D eigenvalue weighted by atomic mass is 10.1. The molecule has 0 saturated heterocycles.